The fourth-order valence-electron chi connectivity index (χ4n) is 1.60. The van der Waals surface area contributed by atoms with Crippen LogP contribution in [0.5, 0.6) is 0 Å². The van der Waals surface area contributed by atoms with E-state index in [2.05, 4.69) is 5.32 Å². The van der Waals surface area contributed by atoms with Gasteiger partial charge >= 0.3 is 0 Å². The molecule has 1 fully saturated rings. The van der Waals surface area contributed by atoms with Crippen molar-refractivity contribution in [3.8, 4) is 0 Å². The van der Waals surface area contributed by atoms with Gasteiger partial charge in [0, 0.05) is 5.92 Å². The summed E-state index contributed by atoms with van der Waals surface area (Å²) >= 11 is 0. The minimum absolute atomic E-state index is 0.178. The Morgan fingerprint density at radius 2 is 2.43 bits per heavy atom. The molecule has 0 aromatic carbocycles. The molecule has 0 saturated carbocycles. The molecule has 7 heteroatoms. The lowest BCUT2D eigenvalue weighted by atomic mass is 9.85. The number of carbonyl (C=O) groups excluding carboxylic acids is 2. The molecule has 6 N–H and O–H groups in total. The first kappa shape index (κ1) is 11.0. The van der Waals surface area contributed by atoms with Gasteiger partial charge in [-0.15, -0.1) is 0 Å². The van der Waals surface area contributed by atoms with Crippen LogP contribution >= 0.6 is 0 Å². The summed E-state index contributed by atoms with van der Waals surface area (Å²) in [5.74, 6) is -1.36. The summed E-state index contributed by atoms with van der Waals surface area (Å²) in [6, 6.07) is -0.834. The van der Waals surface area contributed by atoms with Crippen molar-refractivity contribution in [2.45, 2.75) is 24.5 Å². The molecule has 1 aliphatic heterocycles. The molecule has 6 nitrogen and oxygen atoms in total. The van der Waals surface area contributed by atoms with Crippen LogP contribution in [0.1, 0.15) is 12.8 Å². The van der Waals surface area contributed by atoms with Crippen LogP contribution in [0.15, 0.2) is 0 Å². The lowest BCUT2D eigenvalue weighted by Gasteiger charge is -2.15. The second-order valence-corrected chi connectivity index (χ2v) is 3.91. The van der Waals surface area contributed by atoms with Gasteiger partial charge in [0.25, 0.3) is 0 Å². The van der Waals surface area contributed by atoms with Crippen molar-refractivity contribution in [2.75, 3.05) is 0 Å². The molecule has 1 heterocycles. The average molecular weight is 199 g/mol. The van der Waals surface area contributed by atoms with Gasteiger partial charge in [0.05, 0.1) is 11.7 Å². The summed E-state index contributed by atoms with van der Waals surface area (Å²) in [6.45, 7) is 0. The largest absolute Gasteiger partial charge is 0.380 e. The third-order valence-corrected chi connectivity index (χ3v) is 2.31. The molecular formula is C7H14BN3O3. The zero-order valence-electron chi connectivity index (χ0n) is 7.99. The summed E-state index contributed by atoms with van der Waals surface area (Å²) < 4.78 is 0. The van der Waals surface area contributed by atoms with Gasteiger partial charge in [0.2, 0.25) is 11.8 Å². The minimum Gasteiger partial charge on any atom is -0.380 e. The predicted molar refractivity (Wildman–Crippen MR) is 51.5 cm³/mol. The van der Waals surface area contributed by atoms with E-state index in [0.717, 1.165) is 0 Å². The molecule has 0 bridgehead atoms. The Morgan fingerprint density at radius 1 is 1.86 bits per heavy atom. The van der Waals surface area contributed by atoms with E-state index in [1.54, 1.807) is 0 Å². The molecule has 78 valence electrons. The second kappa shape index (κ2) is 3.59. The third kappa shape index (κ3) is 2.46. The number of carbonyl (C=O) groups is 2. The zero-order chi connectivity index (χ0) is 10.9. The van der Waals surface area contributed by atoms with Gasteiger partial charge in [0.1, 0.15) is 0 Å². The summed E-state index contributed by atoms with van der Waals surface area (Å²) in [5, 5.41) is 11.9. The molecule has 0 aliphatic carbocycles. The Morgan fingerprint density at radius 3 is 2.79 bits per heavy atom. The molecule has 0 aromatic heterocycles. The van der Waals surface area contributed by atoms with Crippen LogP contribution in [-0.2, 0) is 9.59 Å². The molecule has 2 amide bonds. The maximum Gasteiger partial charge on any atom is 0.234 e. The molecule has 0 aromatic rings. The van der Waals surface area contributed by atoms with Gasteiger partial charge < -0.3 is 21.9 Å². The Bertz CT molecular complexity index is 269. The highest BCUT2D eigenvalue weighted by Crippen LogP contribution is 2.23. The van der Waals surface area contributed by atoms with Crippen LogP contribution in [0.3, 0.4) is 0 Å². The first-order valence-corrected chi connectivity index (χ1v) is 4.41. The van der Waals surface area contributed by atoms with Crippen LogP contribution in [0.4, 0.5) is 0 Å². The SMILES string of the molecule is BC1(O)CC(CC(N)C(N)=O)C(=O)N1. The van der Waals surface area contributed by atoms with Gasteiger partial charge in [-0.2, -0.15) is 0 Å². The van der Waals surface area contributed by atoms with Gasteiger partial charge in [-0.25, -0.2) is 0 Å². The van der Waals surface area contributed by atoms with Gasteiger partial charge in [0.15, 0.2) is 7.85 Å². The van der Waals surface area contributed by atoms with Crippen LogP contribution in [0.25, 0.3) is 0 Å². The normalized spacial score (nSPS) is 33.9. The number of rotatable bonds is 3. The number of nitrogens with two attached hydrogens (primary N) is 2. The molecule has 0 radical (unpaired) electrons. The van der Waals surface area contributed by atoms with E-state index in [0.29, 0.717) is 0 Å². The average Bonchev–Trinajstić information content (AvgIpc) is 2.24. The summed E-state index contributed by atoms with van der Waals surface area (Å²) in [6.07, 6.45) is 0.435. The van der Waals surface area contributed by atoms with E-state index in [1.165, 1.54) is 7.85 Å². The topological polar surface area (TPSA) is 118 Å². The Labute approximate surface area is 82.4 Å². The van der Waals surface area contributed by atoms with E-state index in [-0.39, 0.29) is 18.7 Å². The second-order valence-electron chi connectivity index (χ2n) is 3.91. The fraction of sp³-hybridized carbons (Fsp3) is 0.714. The molecule has 1 rings (SSSR count). The maximum atomic E-state index is 11.3. The van der Waals surface area contributed by atoms with Crippen molar-refractivity contribution in [1.82, 2.24) is 5.32 Å². The standard InChI is InChI=1S/C7H14BN3O3/c8-7(14)2-3(6(13)11-7)1-4(9)5(10)12/h3-4,14H,1-2,8-9H2,(H2,10,12)(H,11,13). The van der Waals surface area contributed by atoms with E-state index in [9.17, 15) is 14.7 Å². The summed E-state index contributed by atoms with van der Waals surface area (Å²) in [7, 11) is 1.50. The number of primary amides is 1. The number of amides is 2. The number of nitrogens with one attached hydrogen (secondary N) is 1. The first-order valence-electron chi connectivity index (χ1n) is 4.41. The van der Waals surface area contributed by atoms with Crippen molar-refractivity contribution in [3.05, 3.63) is 0 Å². The van der Waals surface area contributed by atoms with Crippen molar-refractivity contribution < 1.29 is 14.7 Å². The number of hydrogen-bond acceptors (Lipinski definition) is 4. The monoisotopic (exact) mass is 199 g/mol. The quantitative estimate of drug-likeness (QED) is 0.354. The minimum atomic E-state index is -1.20. The highest BCUT2D eigenvalue weighted by molar-refractivity contribution is 6.16. The zero-order valence-corrected chi connectivity index (χ0v) is 7.99. The van der Waals surface area contributed by atoms with Gasteiger partial charge in [-0.1, -0.05) is 0 Å². The van der Waals surface area contributed by atoms with Crippen molar-refractivity contribution >= 4 is 19.7 Å². The predicted octanol–water partition coefficient (Wildman–Crippen LogP) is -3.40. The highest BCUT2D eigenvalue weighted by Gasteiger charge is 2.39. The van der Waals surface area contributed by atoms with E-state index in [1.807, 2.05) is 0 Å². The van der Waals surface area contributed by atoms with E-state index < -0.39 is 23.5 Å². The number of hydrogen-bond donors (Lipinski definition) is 4. The lowest BCUT2D eigenvalue weighted by molar-refractivity contribution is -0.124. The van der Waals surface area contributed by atoms with Gasteiger partial charge in [-0.3, -0.25) is 9.59 Å². The molecule has 1 saturated heterocycles. The van der Waals surface area contributed by atoms with Gasteiger partial charge in [-0.05, 0) is 12.8 Å². The maximum absolute atomic E-state index is 11.3. The molecule has 1 aliphatic rings. The van der Waals surface area contributed by atoms with Crippen molar-refractivity contribution in [2.24, 2.45) is 17.4 Å². The number of aliphatic hydroxyl groups is 1. The van der Waals surface area contributed by atoms with Crippen LogP contribution in [0, 0.1) is 5.92 Å². The third-order valence-electron chi connectivity index (χ3n) is 2.31. The van der Waals surface area contributed by atoms with Crippen LogP contribution < -0.4 is 16.8 Å². The fourth-order valence-corrected chi connectivity index (χ4v) is 1.60. The Kier molecular flexibility index (Phi) is 2.82. The van der Waals surface area contributed by atoms with Crippen molar-refractivity contribution in [3.63, 3.8) is 0 Å². The summed E-state index contributed by atoms with van der Waals surface area (Å²) in [5.41, 5.74) is 9.18. The molecular weight excluding hydrogens is 185 g/mol. The Hall–Kier alpha value is -1.08. The van der Waals surface area contributed by atoms with E-state index >= 15 is 0 Å². The highest BCUT2D eigenvalue weighted by atomic mass is 16.3. The van der Waals surface area contributed by atoms with Crippen LogP contribution in [0.2, 0.25) is 0 Å². The Balaban J connectivity index is 2.55. The lowest BCUT2D eigenvalue weighted by Crippen LogP contribution is -2.41. The van der Waals surface area contributed by atoms with Crippen LogP contribution in [-0.4, -0.2) is 36.4 Å². The smallest absolute Gasteiger partial charge is 0.234 e. The van der Waals surface area contributed by atoms with Crippen molar-refractivity contribution in [1.29, 1.82) is 0 Å². The molecule has 3 atom stereocenters. The molecule has 0 spiro atoms. The summed E-state index contributed by atoms with van der Waals surface area (Å²) in [4.78, 5) is 21.9. The van der Waals surface area contributed by atoms with E-state index in [4.69, 9.17) is 11.5 Å². The first-order chi connectivity index (χ1) is 6.32. The molecule has 14 heavy (non-hydrogen) atoms. The molecule has 3 unspecified atom stereocenters.